The molecule has 0 spiro atoms. The number of rotatable bonds is 3. The second-order valence-corrected chi connectivity index (χ2v) is 5.88. The third kappa shape index (κ3) is 2.85. The Bertz CT molecular complexity index is 1050. The first kappa shape index (κ1) is 16.1. The molecule has 0 saturated carbocycles. The first-order valence-electron chi connectivity index (χ1n) is 8.18. The standard InChI is InChI=1S/C18H16N4O4/c1-11(22-18(24)13-4-2-3-5-14(13)20-21-22)17(23)19-12-6-7-15-16(10-12)26-9-8-25-15/h2-7,10-11H,8-9H2,1H3,(H,19,23)/t11-/m0/s1. The Labute approximate surface area is 148 Å². The molecule has 2 aromatic carbocycles. The Balaban J connectivity index is 1.59. The van der Waals surface area contributed by atoms with Crippen LogP contribution in [-0.2, 0) is 4.79 Å². The number of carbonyl (C=O) groups is 1. The van der Waals surface area contributed by atoms with Gasteiger partial charge in [-0.3, -0.25) is 9.59 Å². The lowest BCUT2D eigenvalue weighted by Gasteiger charge is -2.19. The van der Waals surface area contributed by atoms with Gasteiger partial charge in [0, 0.05) is 11.8 Å². The van der Waals surface area contributed by atoms with Crippen molar-refractivity contribution in [2.75, 3.05) is 18.5 Å². The van der Waals surface area contributed by atoms with Crippen LogP contribution in [0.5, 0.6) is 11.5 Å². The molecule has 132 valence electrons. The lowest BCUT2D eigenvalue weighted by molar-refractivity contribution is -0.119. The number of carbonyl (C=O) groups excluding carboxylic acids is 1. The average molecular weight is 352 g/mol. The minimum Gasteiger partial charge on any atom is -0.486 e. The number of aromatic nitrogens is 3. The van der Waals surface area contributed by atoms with Gasteiger partial charge in [0.05, 0.1) is 5.39 Å². The van der Waals surface area contributed by atoms with Crippen LogP contribution in [0.15, 0.2) is 47.3 Å². The lowest BCUT2D eigenvalue weighted by atomic mass is 10.2. The molecule has 1 amide bonds. The van der Waals surface area contributed by atoms with Crippen molar-refractivity contribution in [3.63, 3.8) is 0 Å². The molecule has 8 nitrogen and oxygen atoms in total. The molecule has 0 radical (unpaired) electrons. The molecule has 1 atom stereocenters. The largest absolute Gasteiger partial charge is 0.486 e. The van der Waals surface area contributed by atoms with Gasteiger partial charge in [0.25, 0.3) is 5.56 Å². The fourth-order valence-corrected chi connectivity index (χ4v) is 2.73. The number of benzene rings is 2. The number of ether oxygens (including phenoxy) is 2. The molecule has 0 saturated heterocycles. The van der Waals surface area contributed by atoms with Gasteiger partial charge in [0.15, 0.2) is 11.5 Å². The number of hydrogen-bond donors (Lipinski definition) is 1. The molecule has 1 aliphatic rings. The smallest absolute Gasteiger partial charge is 0.278 e. The van der Waals surface area contributed by atoms with Gasteiger partial charge in [-0.15, -0.1) is 5.10 Å². The molecule has 0 bridgehead atoms. The van der Waals surface area contributed by atoms with Crippen molar-refractivity contribution in [2.45, 2.75) is 13.0 Å². The monoisotopic (exact) mass is 352 g/mol. The SMILES string of the molecule is C[C@@H](C(=O)Nc1ccc2c(c1)OCCO2)n1nnc2ccccc2c1=O. The van der Waals surface area contributed by atoms with Crippen LogP contribution < -0.4 is 20.3 Å². The maximum absolute atomic E-state index is 12.6. The third-order valence-corrected chi connectivity index (χ3v) is 4.15. The Morgan fingerprint density at radius 3 is 2.77 bits per heavy atom. The predicted octanol–water partition coefficient (Wildman–Crippen LogP) is 1.76. The van der Waals surface area contributed by atoms with E-state index in [9.17, 15) is 9.59 Å². The van der Waals surface area contributed by atoms with Crippen LogP contribution in [0, 0.1) is 0 Å². The second kappa shape index (κ2) is 6.47. The number of amides is 1. The van der Waals surface area contributed by atoms with Crippen LogP contribution >= 0.6 is 0 Å². The summed E-state index contributed by atoms with van der Waals surface area (Å²) in [5.41, 5.74) is 0.682. The van der Waals surface area contributed by atoms with Crippen molar-refractivity contribution < 1.29 is 14.3 Å². The van der Waals surface area contributed by atoms with E-state index in [0.29, 0.717) is 41.3 Å². The van der Waals surface area contributed by atoms with Gasteiger partial charge in [0.1, 0.15) is 24.8 Å². The van der Waals surface area contributed by atoms with Crippen LogP contribution in [0.4, 0.5) is 5.69 Å². The van der Waals surface area contributed by atoms with E-state index in [1.165, 1.54) is 0 Å². The molecule has 0 aliphatic carbocycles. The summed E-state index contributed by atoms with van der Waals surface area (Å²) in [6.45, 7) is 2.56. The minimum atomic E-state index is -0.826. The Kier molecular flexibility index (Phi) is 4.00. The van der Waals surface area contributed by atoms with Gasteiger partial charge in [-0.05, 0) is 31.2 Å². The number of nitrogens with zero attached hydrogens (tertiary/aromatic N) is 3. The summed E-state index contributed by atoms with van der Waals surface area (Å²) in [7, 11) is 0. The summed E-state index contributed by atoms with van der Waals surface area (Å²) in [6, 6.07) is 11.2. The van der Waals surface area contributed by atoms with Crippen molar-refractivity contribution in [2.24, 2.45) is 0 Å². The van der Waals surface area contributed by atoms with E-state index in [-0.39, 0.29) is 11.5 Å². The van der Waals surface area contributed by atoms with Crippen molar-refractivity contribution in [1.82, 2.24) is 15.0 Å². The van der Waals surface area contributed by atoms with E-state index >= 15 is 0 Å². The number of fused-ring (bicyclic) bond motifs is 2. The zero-order valence-electron chi connectivity index (χ0n) is 14.0. The highest BCUT2D eigenvalue weighted by molar-refractivity contribution is 5.93. The highest BCUT2D eigenvalue weighted by Gasteiger charge is 2.20. The van der Waals surface area contributed by atoms with E-state index in [1.54, 1.807) is 49.4 Å². The minimum absolute atomic E-state index is 0.361. The van der Waals surface area contributed by atoms with Gasteiger partial charge in [-0.25, -0.2) is 0 Å². The summed E-state index contributed by atoms with van der Waals surface area (Å²) in [5, 5.41) is 11.1. The molecule has 0 fully saturated rings. The zero-order valence-corrected chi connectivity index (χ0v) is 14.0. The molecule has 0 unspecified atom stereocenters. The summed E-state index contributed by atoms with van der Waals surface area (Å²) in [5.74, 6) is 0.830. The topological polar surface area (TPSA) is 95.3 Å². The van der Waals surface area contributed by atoms with E-state index in [2.05, 4.69) is 15.6 Å². The van der Waals surface area contributed by atoms with Gasteiger partial charge < -0.3 is 14.8 Å². The van der Waals surface area contributed by atoms with Crippen LogP contribution in [0.2, 0.25) is 0 Å². The first-order valence-corrected chi connectivity index (χ1v) is 8.18. The first-order chi connectivity index (χ1) is 12.6. The second-order valence-electron chi connectivity index (χ2n) is 5.88. The normalized spacial score (nSPS) is 14.0. The molecule has 1 aromatic heterocycles. The van der Waals surface area contributed by atoms with Crippen LogP contribution in [0.1, 0.15) is 13.0 Å². The predicted molar refractivity (Wildman–Crippen MR) is 94.6 cm³/mol. The summed E-state index contributed by atoms with van der Waals surface area (Å²) < 4.78 is 12.0. The maximum atomic E-state index is 12.6. The van der Waals surface area contributed by atoms with Gasteiger partial charge in [0.2, 0.25) is 5.91 Å². The molecule has 4 rings (SSSR count). The summed E-state index contributed by atoms with van der Waals surface area (Å²) in [4.78, 5) is 25.1. The molecule has 1 N–H and O–H groups in total. The van der Waals surface area contributed by atoms with E-state index in [1.807, 2.05) is 0 Å². The van der Waals surface area contributed by atoms with Gasteiger partial charge >= 0.3 is 0 Å². The van der Waals surface area contributed by atoms with Crippen molar-refractivity contribution in [3.8, 4) is 11.5 Å². The summed E-state index contributed by atoms with van der Waals surface area (Å²) in [6.07, 6.45) is 0. The quantitative estimate of drug-likeness (QED) is 0.772. The van der Waals surface area contributed by atoms with Crippen LogP contribution in [0.3, 0.4) is 0 Å². The molecular formula is C18H16N4O4. The average Bonchev–Trinajstić information content (AvgIpc) is 2.68. The van der Waals surface area contributed by atoms with Crippen LogP contribution in [0.25, 0.3) is 10.9 Å². The fraction of sp³-hybridized carbons (Fsp3) is 0.222. The molecule has 3 aromatic rings. The third-order valence-electron chi connectivity index (χ3n) is 4.15. The summed E-state index contributed by atoms with van der Waals surface area (Å²) >= 11 is 0. The Hall–Kier alpha value is -3.42. The Morgan fingerprint density at radius 2 is 1.92 bits per heavy atom. The zero-order chi connectivity index (χ0) is 18.1. The van der Waals surface area contributed by atoms with Gasteiger partial charge in [-0.1, -0.05) is 17.3 Å². The Morgan fingerprint density at radius 1 is 1.15 bits per heavy atom. The number of nitrogens with one attached hydrogen (secondary N) is 1. The maximum Gasteiger partial charge on any atom is 0.278 e. The highest BCUT2D eigenvalue weighted by Crippen LogP contribution is 2.32. The molecular weight excluding hydrogens is 336 g/mol. The molecule has 26 heavy (non-hydrogen) atoms. The molecule has 2 heterocycles. The molecule has 1 aliphatic heterocycles. The fourth-order valence-electron chi connectivity index (χ4n) is 2.73. The van der Waals surface area contributed by atoms with Crippen molar-refractivity contribution in [3.05, 3.63) is 52.8 Å². The van der Waals surface area contributed by atoms with Crippen LogP contribution in [-0.4, -0.2) is 34.1 Å². The van der Waals surface area contributed by atoms with E-state index in [0.717, 1.165) is 4.68 Å². The number of hydrogen-bond acceptors (Lipinski definition) is 6. The van der Waals surface area contributed by atoms with Gasteiger partial charge in [-0.2, -0.15) is 4.68 Å². The van der Waals surface area contributed by atoms with Crippen molar-refractivity contribution in [1.29, 1.82) is 0 Å². The number of anilines is 1. The molecule has 8 heteroatoms. The van der Waals surface area contributed by atoms with Crippen molar-refractivity contribution >= 4 is 22.5 Å². The van der Waals surface area contributed by atoms with E-state index in [4.69, 9.17) is 9.47 Å². The highest BCUT2D eigenvalue weighted by atomic mass is 16.6. The lowest BCUT2D eigenvalue weighted by Crippen LogP contribution is -2.34. The van der Waals surface area contributed by atoms with E-state index < -0.39 is 6.04 Å².